The summed E-state index contributed by atoms with van der Waals surface area (Å²) in [5.74, 6) is 0.999. The Morgan fingerprint density at radius 1 is 1.21 bits per heavy atom. The number of anilines is 2. The Hall–Kier alpha value is -3.61. The average molecular weight is 389 g/mol. The molecule has 29 heavy (non-hydrogen) atoms. The fourth-order valence-electron chi connectivity index (χ4n) is 3.57. The standard InChI is InChI=1S/C22H23N5O2/c1-4-15-9-11-16(12-10-15)20-19(14(2)25-22-23-13-24-27(20)22)21(28)26-17-7-5-6-8-18(17)29-3/h5-13,20H,4H2,1-3H3,(H,26,28)(H,23,24,25)/t20-/m1/s1. The molecule has 0 saturated heterocycles. The SMILES string of the molecule is CCc1ccc([C@@H]2C(C(=O)Nc3ccccc3OC)=C(C)Nc3ncnn32)cc1. The highest BCUT2D eigenvalue weighted by Gasteiger charge is 2.33. The molecule has 0 saturated carbocycles. The molecule has 3 aromatic rings. The van der Waals surface area contributed by atoms with Crippen LogP contribution in [0.2, 0.25) is 0 Å². The summed E-state index contributed by atoms with van der Waals surface area (Å²) >= 11 is 0. The van der Waals surface area contributed by atoms with E-state index in [0.717, 1.165) is 17.7 Å². The van der Waals surface area contributed by atoms with Crippen molar-refractivity contribution < 1.29 is 9.53 Å². The van der Waals surface area contributed by atoms with Crippen molar-refractivity contribution in [2.24, 2.45) is 0 Å². The molecular weight excluding hydrogens is 366 g/mol. The third-order valence-electron chi connectivity index (χ3n) is 5.10. The maximum absolute atomic E-state index is 13.4. The highest BCUT2D eigenvalue weighted by molar-refractivity contribution is 6.06. The number of fused-ring (bicyclic) bond motifs is 1. The number of allylic oxidation sites excluding steroid dienone is 1. The van der Waals surface area contributed by atoms with Crippen LogP contribution in [0.1, 0.15) is 31.0 Å². The Balaban J connectivity index is 1.75. The molecule has 1 amide bonds. The Morgan fingerprint density at radius 2 is 1.97 bits per heavy atom. The number of rotatable bonds is 5. The number of aromatic nitrogens is 3. The summed E-state index contributed by atoms with van der Waals surface area (Å²) in [5.41, 5.74) is 4.15. The van der Waals surface area contributed by atoms with Gasteiger partial charge in [0.25, 0.3) is 5.91 Å². The van der Waals surface area contributed by atoms with E-state index in [1.165, 1.54) is 11.9 Å². The van der Waals surface area contributed by atoms with Gasteiger partial charge in [-0.3, -0.25) is 4.79 Å². The molecule has 0 unspecified atom stereocenters. The van der Waals surface area contributed by atoms with Crippen LogP contribution >= 0.6 is 0 Å². The van der Waals surface area contributed by atoms with Crippen molar-refractivity contribution in [1.29, 1.82) is 0 Å². The van der Waals surface area contributed by atoms with Gasteiger partial charge in [-0.15, -0.1) is 0 Å². The van der Waals surface area contributed by atoms with Crippen molar-refractivity contribution in [1.82, 2.24) is 14.8 Å². The van der Waals surface area contributed by atoms with Gasteiger partial charge in [0, 0.05) is 5.70 Å². The molecule has 0 aliphatic carbocycles. The van der Waals surface area contributed by atoms with Gasteiger partial charge >= 0.3 is 0 Å². The maximum atomic E-state index is 13.4. The molecule has 0 bridgehead atoms. The molecule has 1 aromatic heterocycles. The number of para-hydroxylation sites is 2. The van der Waals surface area contributed by atoms with Crippen molar-refractivity contribution >= 4 is 17.5 Å². The monoisotopic (exact) mass is 389 g/mol. The molecule has 0 radical (unpaired) electrons. The zero-order valence-corrected chi connectivity index (χ0v) is 16.6. The number of hydrogen-bond acceptors (Lipinski definition) is 5. The van der Waals surface area contributed by atoms with Crippen LogP contribution in [0.15, 0.2) is 66.1 Å². The van der Waals surface area contributed by atoms with Gasteiger partial charge in [-0.2, -0.15) is 10.1 Å². The summed E-state index contributed by atoms with van der Waals surface area (Å²) in [6.45, 7) is 3.99. The van der Waals surface area contributed by atoms with Gasteiger partial charge in [0.2, 0.25) is 5.95 Å². The van der Waals surface area contributed by atoms with Gasteiger partial charge in [-0.05, 0) is 36.6 Å². The maximum Gasteiger partial charge on any atom is 0.255 e. The summed E-state index contributed by atoms with van der Waals surface area (Å²) in [6, 6.07) is 15.2. The van der Waals surface area contributed by atoms with Crippen LogP contribution in [-0.4, -0.2) is 27.8 Å². The van der Waals surface area contributed by atoms with Crippen LogP contribution in [0.25, 0.3) is 0 Å². The summed E-state index contributed by atoms with van der Waals surface area (Å²) in [7, 11) is 1.58. The number of nitrogens with one attached hydrogen (secondary N) is 2. The van der Waals surface area contributed by atoms with E-state index >= 15 is 0 Å². The Morgan fingerprint density at radius 3 is 2.69 bits per heavy atom. The van der Waals surface area contributed by atoms with Crippen LogP contribution in [0.5, 0.6) is 5.75 Å². The van der Waals surface area contributed by atoms with Crippen LogP contribution in [0.3, 0.4) is 0 Å². The van der Waals surface area contributed by atoms with Crippen molar-refractivity contribution in [3.05, 3.63) is 77.3 Å². The lowest BCUT2D eigenvalue weighted by atomic mass is 9.94. The summed E-state index contributed by atoms with van der Waals surface area (Å²) < 4.78 is 7.11. The normalized spacial score (nSPS) is 15.5. The molecule has 0 spiro atoms. The van der Waals surface area contributed by atoms with E-state index in [-0.39, 0.29) is 11.9 Å². The second-order valence-electron chi connectivity index (χ2n) is 6.84. The fourth-order valence-corrected chi connectivity index (χ4v) is 3.57. The topological polar surface area (TPSA) is 81.1 Å². The lowest BCUT2D eigenvalue weighted by molar-refractivity contribution is -0.113. The van der Waals surface area contributed by atoms with Gasteiger partial charge in [-0.25, -0.2) is 4.68 Å². The molecule has 2 heterocycles. The summed E-state index contributed by atoms with van der Waals surface area (Å²) in [5, 5.41) is 10.5. The van der Waals surface area contributed by atoms with Crippen LogP contribution in [-0.2, 0) is 11.2 Å². The van der Waals surface area contributed by atoms with Crippen molar-refractivity contribution in [2.45, 2.75) is 26.3 Å². The number of carbonyl (C=O) groups excluding carboxylic acids is 1. The molecular formula is C22H23N5O2. The van der Waals surface area contributed by atoms with E-state index < -0.39 is 0 Å². The second-order valence-corrected chi connectivity index (χ2v) is 6.84. The van der Waals surface area contributed by atoms with E-state index in [0.29, 0.717) is 23.0 Å². The van der Waals surface area contributed by atoms with E-state index in [9.17, 15) is 4.79 Å². The Labute approximate surface area is 169 Å². The van der Waals surface area contributed by atoms with E-state index in [4.69, 9.17) is 4.74 Å². The average Bonchev–Trinajstić information content (AvgIpc) is 3.21. The highest BCUT2D eigenvalue weighted by atomic mass is 16.5. The molecule has 4 rings (SSSR count). The predicted octanol–water partition coefficient (Wildman–Crippen LogP) is 3.78. The van der Waals surface area contributed by atoms with E-state index in [1.807, 2.05) is 43.3 Å². The first-order valence-corrected chi connectivity index (χ1v) is 9.53. The Kier molecular flexibility index (Phi) is 5.03. The van der Waals surface area contributed by atoms with E-state index in [2.05, 4.69) is 39.8 Å². The van der Waals surface area contributed by atoms with Gasteiger partial charge in [0.1, 0.15) is 18.1 Å². The smallest absolute Gasteiger partial charge is 0.255 e. The number of amides is 1. The molecule has 2 N–H and O–H groups in total. The lowest BCUT2D eigenvalue weighted by Crippen LogP contribution is -2.31. The number of benzene rings is 2. The van der Waals surface area contributed by atoms with Crippen LogP contribution in [0, 0.1) is 0 Å². The molecule has 1 atom stereocenters. The Bertz CT molecular complexity index is 1070. The zero-order valence-electron chi connectivity index (χ0n) is 16.6. The lowest BCUT2D eigenvalue weighted by Gasteiger charge is -2.29. The summed E-state index contributed by atoms with van der Waals surface area (Å²) in [6.07, 6.45) is 2.45. The number of aryl methyl sites for hydroxylation is 1. The van der Waals surface area contributed by atoms with Gasteiger partial charge in [-0.1, -0.05) is 43.3 Å². The number of ether oxygens (including phenoxy) is 1. The van der Waals surface area contributed by atoms with Crippen molar-refractivity contribution in [2.75, 3.05) is 17.7 Å². The first-order valence-electron chi connectivity index (χ1n) is 9.53. The second kappa shape index (κ2) is 7.79. The first-order chi connectivity index (χ1) is 14.1. The van der Waals surface area contributed by atoms with Gasteiger partial charge in [0.05, 0.1) is 18.4 Å². The molecule has 7 heteroatoms. The molecule has 1 aliphatic heterocycles. The first kappa shape index (κ1) is 18.7. The van der Waals surface area contributed by atoms with E-state index in [1.54, 1.807) is 11.8 Å². The van der Waals surface area contributed by atoms with Crippen LogP contribution < -0.4 is 15.4 Å². The minimum absolute atomic E-state index is 0.217. The third-order valence-corrected chi connectivity index (χ3v) is 5.10. The van der Waals surface area contributed by atoms with Crippen molar-refractivity contribution in [3.8, 4) is 5.75 Å². The van der Waals surface area contributed by atoms with Crippen LogP contribution in [0.4, 0.5) is 11.6 Å². The quantitative estimate of drug-likeness (QED) is 0.694. The van der Waals surface area contributed by atoms with Gasteiger partial charge < -0.3 is 15.4 Å². The largest absolute Gasteiger partial charge is 0.495 e. The summed E-state index contributed by atoms with van der Waals surface area (Å²) in [4.78, 5) is 17.6. The number of methoxy groups -OCH3 is 1. The molecule has 148 valence electrons. The minimum Gasteiger partial charge on any atom is -0.495 e. The fraction of sp³-hybridized carbons (Fsp3) is 0.227. The predicted molar refractivity (Wildman–Crippen MR) is 112 cm³/mol. The third kappa shape index (κ3) is 3.47. The molecule has 1 aliphatic rings. The van der Waals surface area contributed by atoms with Crippen molar-refractivity contribution in [3.63, 3.8) is 0 Å². The minimum atomic E-state index is -0.380. The molecule has 0 fully saturated rings. The number of nitrogens with zero attached hydrogens (tertiary/aromatic N) is 3. The van der Waals surface area contributed by atoms with Gasteiger partial charge in [0.15, 0.2) is 0 Å². The molecule has 2 aromatic carbocycles. The number of hydrogen-bond donors (Lipinski definition) is 2. The molecule has 7 nitrogen and oxygen atoms in total. The highest BCUT2D eigenvalue weighted by Crippen LogP contribution is 2.36. The number of carbonyl (C=O) groups is 1. The zero-order chi connectivity index (χ0) is 20.4.